The van der Waals surface area contributed by atoms with Gasteiger partial charge in [-0.15, -0.1) is 4.72 Å². The molecular weight excluding hydrogens is 305 g/mol. The van der Waals surface area contributed by atoms with Crippen molar-refractivity contribution in [3.05, 3.63) is 35.1 Å². The molecule has 1 N–H and O–H groups in total. The number of nitrogens with one attached hydrogen (secondary N) is 1. The van der Waals surface area contributed by atoms with Crippen LogP contribution in [0.25, 0.3) is 0 Å². The molecule has 1 aromatic rings. The Kier molecular flexibility index (Phi) is 4.84. The van der Waals surface area contributed by atoms with Gasteiger partial charge in [0.25, 0.3) is 0 Å². The molecule has 0 bridgehead atoms. The number of hydrogen-bond donors (Lipinski definition) is 1. The van der Waals surface area contributed by atoms with E-state index in [4.69, 9.17) is 4.74 Å². The van der Waals surface area contributed by atoms with Crippen LogP contribution in [0.3, 0.4) is 0 Å². The quantitative estimate of drug-likeness (QED) is 0.682. The van der Waals surface area contributed by atoms with Crippen LogP contribution in [0.5, 0.6) is 0 Å². The van der Waals surface area contributed by atoms with Gasteiger partial charge in [0.2, 0.25) is 0 Å². The van der Waals surface area contributed by atoms with E-state index in [1.54, 1.807) is 6.07 Å². The van der Waals surface area contributed by atoms with E-state index in [1.165, 1.54) is 13.2 Å². The van der Waals surface area contributed by atoms with Gasteiger partial charge in [-0.05, 0) is 45.2 Å². The fraction of sp³-hybridized carbons (Fsp3) is 0.562. The van der Waals surface area contributed by atoms with Crippen molar-refractivity contribution in [1.82, 2.24) is 4.72 Å². The summed E-state index contributed by atoms with van der Waals surface area (Å²) >= 11 is -1.42. The number of carbonyl (C=O) groups excluding carboxylic acids is 1. The summed E-state index contributed by atoms with van der Waals surface area (Å²) in [4.78, 5) is 11.8. The molecule has 22 heavy (non-hydrogen) atoms. The van der Waals surface area contributed by atoms with Crippen molar-refractivity contribution in [3.8, 4) is 0 Å². The predicted octanol–water partition coefficient (Wildman–Crippen LogP) is 2.58. The SMILES string of the molecule is COC(=O)C[C@]1(N[S+]([O-])C(C)(C)C)CCc2cccc(F)c21. The van der Waals surface area contributed by atoms with E-state index in [-0.39, 0.29) is 12.2 Å². The zero-order valence-corrected chi connectivity index (χ0v) is 14.2. The molecule has 0 fully saturated rings. The molecule has 2 atom stereocenters. The average molecular weight is 327 g/mol. The van der Waals surface area contributed by atoms with Gasteiger partial charge in [0.1, 0.15) is 16.1 Å². The molecule has 1 aromatic carbocycles. The molecule has 0 saturated carbocycles. The third-order valence-electron chi connectivity index (χ3n) is 3.92. The summed E-state index contributed by atoms with van der Waals surface area (Å²) in [7, 11) is 1.30. The molecule has 122 valence electrons. The Morgan fingerprint density at radius 3 is 2.77 bits per heavy atom. The maximum Gasteiger partial charge on any atom is 0.307 e. The zero-order valence-electron chi connectivity index (χ0n) is 13.4. The average Bonchev–Trinajstić information content (AvgIpc) is 2.78. The fourth-order valence-corrected chi connectivity index (χ4v) is 3.69. The minimum Gasteiger partial charge on any atom is -0.598 e. The highest BCUT2D eigenvalue weighted by molar-refractivity contribution is 7.90. The lowest BCUT2D eigenvalue weighted by molar-refractivity contribution is -0.142. The first-order chi connectivity index (χ1) is 10.2. The van der Waals surface area contributed by atoms with Gasteiger partial charge < -0.3 is 9.29 Å². The number of rotatable bonds is 4. The van der Waals surface area contributed by atoms with Crippen LogP contribution in [0.1, 0.15) is 44.7 Å². The van der Waals surface area contributed by atoms with Gasteiger partial charge in [-0.1, -0.05) is 12.1 Å². The Labute approximate surface area is 133 Å². The van der Waals surface area contributed by atoms with Gasteiger partial charge in [0.15, 0.2) is 0 Å². The molecule has 1 aliphatic rings. The smallest absolute Gasteiger partial charge is 0.307 e. The minimum absolute atomic E-state index is 0.0424. The first kappa shape index (κ1) is 17.2. The zero-order chi connectivity index (χ0) is 16.5. The third kappa shape index (κ3) is 3.29. The summed E-state index contributed by atoms with van der Waals surface area (Å²) in [6.07, 6.45) is 1.11. The van der Waals surface area contributed by atoms with E-state index in [9.17, 15) is 13.7 Å². The second-order valence-corrected chi connectivity index (χ2v) is 8.56. The van der Waals surface area contributed by atoms with Crippen LogP contribution in [0, 0.1) is 5.82 Å². The second kappa shape index (κ2) is 6.18. The molecule has 1 unspecified atom stereocenters. The Bertz CT molecular complexity index is 573. The predicted molar refractivity (Wildman–Crippen MR) is 84.1 cm³/mol. The van der Waals surface area contributed by atoms with Crippen LogP contribution >= 0.6 is 0 Å². The van der Waals surface area contributed by atoms with E-state index in [0.29, 0.717) is 18.4 Å². The maximum absolute atomic E-state index is 14.4. The minimum atomic E-state index is -1.42. The van der Waals surface area contributed by atoms with Gasteiger partial charge in [-0.25, -0.2) is 4.39 Å². The van der Waals surface area contributed by atoms with E-state index in [1.807, 2.05) is 26.8 Å². The highest BCUT2D eigenvalue weighted by Gasteiger charge is 2.48. The van der Waals surface area contributed by atoms with Crippen LogP contribution in [0.4, 0.5) is 4.39 Å². The standard InChI is InChI=1S/C16H22FNO3S/c1-15(2,3)22(20)18-16(10-13(19)21-4)9-8-11-6-5-7-12(17)14(11)16/h5-7,18H,8-10H2,1-4H3/t16-,22?/m1/s1. The lowest BCUT2D eigenvalue weighted by Gasteiger charge is -2.35. The molecule has 2 rings (SSSR count). The number of esters is 1. The number of carbonyl (C=O) groups is 1. The first-order valence-electron chi connectivity index (χ1n) is 7.24. The molecule has 0 radical (unpaired) electrons. The van der Waals surface area contributed by atoms with Gasteiger partial charge in [-0.2, -0.15) is 0 Å². The number of hydrogen-bond acceptors (Lipinski definition) is 4. The Hall–Kier alpha value is -1.11. The molecule has 0 spiro atoms. The monoisotopic (exact) mass is 327 g/mol. The number of fused-ring (bicyclic) bond motifs is 1. The van der Waals surface area contributed by atoms with Gasteiger partial charge in [0, 0.05) is 16.9 Å². The lowest BCUT2D eigenvalue weighted by Crippen LogP contribution is -2.51. The number of aryl methyl sites for hydroxylation is 1. The molecule has 1 aliphatic carbocycles. The van der Waals surface area contributed by atoms with Gasteiger partial charge in [0.05, 0.1) is 13.5 Å². The molecule has 6 heteroatoms. The van der Waals surface area contributed by atoms with Gasteiger partial charge in [-0.3, -0.25) is 4.79 Å². The summed E-state index contributed by atoms with van der Waals surface area (Å²) in [6, 6.07) is 4.88. The van der Waals surface area contributed by atoms with Crippen LogP contribution in [-0.4, -0.2) is 22.4 Å². The number of methoxy groups -OCH3 is 1. The normalized spacial score (nSPS) is 22.3. The molecule has 4 nitrogen and oxygen atoms in total. The van der Waals surface area contributed by atoms with Crippen molar-refractivity contribution in [2.45, 2.75) is 50.3 Å². The molecular formula is C16H22FNO3S. The highest BCUT2D eigenvalue weighted by Crippen LogP contribution is 2.42. The van der Waals surface area contributed by atoms with Crippen molar-refractivity contribution in [2.24, 2.45) is 0 Å². The van der Waals surface area contributed by atoms with Gasteiger partial charge >= 0.3 is 5.97 Å². The summed E-state index contributed by atoms with van der Waals surface area (Å²) in [5.41, 5.74) is 0.312. The molecule has 0 saturated heterocycles. The summed E-state index contributed by atoms with van der Waals surface area (Å²) in [5.74, 6) is -0.827. The lowest BCUT2D eigenvalue weighted by atomic mass is 9.89. The van der Waals surface area contributed by atoms with Crippen molar-refractivity contribution in [3.63, 3.8) is 0 Å². The van der Waals surface area contributed by atoms with E-state index in [0.717, 1.165) is 5.56 Å². The van der Waals surface area contributed by atoms with E-state index < -0.39 is 27.6 Å². The summed E-state index contributed by atoms with van der Waals surface area (Å²) in [5, 5.41) is 0. The third-order valence-corrected chi connectivity index (χ3v) is 5.61. The molecule has 0 aromatic heterocycles. The Balaban J connectivity index is 2.44. The maximum atomic E-state index is 14.4. The molecule has 0 aliphatic heterocycles. The number of halogens is 1. The molecule has 0 heterocycles. The van der Waals surface area contributed by atoms with Crippen molar-refractivity contribution in [2.75, 3.05) is 7.11 Å². The molecule has 0 amide bonds. The van der Waals surface area contributed by atoms with Crippen molar-refractivity contribution >= 4 is 17.3 Å². The van der Waals surface area contributed by atoms with Crippen LogP contribution in [0.2, 0.25) is 0 Å². The van der Waals surface area contributed by atoms with Crippen LogP contribution in [0.15, 0.2) is 18.2 Å². The van der Waals surface area contributed by atoms with E-state index >= 15 is 0 Å². The number of ether oxygens (including phenoxy) is 1. The van der Waals surface area contributed by atoms with E-state index in [2.05, 4.69) is 4.72 Å². The summed E-state index contributed by atoms with van der Waals surface area (Å²) in [6.45, 7) is 5.50. The summed E-state index contributed by atoms with van der Waals surface area (Å²) < 4.78 is 34.2. The Morgan fingerprint density at radius 2 is 2.18 bits per heavy atom. The fourth-order valence-electron chi connectivity index (χ4n) is 2.75. The Morgan fingerprint density at radius 1 is 1.50 bits per heavy atom. The van der Waals surface area contributed by atoms with Crippen LogP contribution in [-0.2, 0) is 32.9 Å². The van der Waals surface area contributed by atoms with Crippen LogP contribution < -0.4 is 4.72 Å². The topological polar surface area (TPSA) is 61.4 Å². The van der Waals surface area contributed by atoms with Crippen molar-refractivity contribution in [1.29, 1.82) is 0 Å². The second-order valence-electron chi connectivity index (χ2n) is 6.59. The first-order valence-corrected chi connectivity index (χ1v) is 8.39. The highest BCUT2D eigenvalue weighted by atomic mass is 32.2. The number of benzene rings is 1. The largest absolute Gasteiger partial charge is 0.598 e. The van der Waals surface area contributed by atoms with Crippen molar-refractivity contribution < 1.29 is 18.5 Å².